The van der Waals surface area contributed by atoms with E-state index in [2.05, 4.69) is 16.5 Å². The van der Waals surface area contributed by atoms with E-state index in [0.29, 0.717) is 12.3 Å². The summed E-state index contributed by atoms with van der Waals surface area (Å²) in [6.07, 6.45) is 6.83. The van der Waals surface area contributed by atoms with Crippen molar-refractivity contribution in [1.82, 2.24) is 15.0 Å². The first-order valence-corrected chi connectivity index (χ1v) is 8.80. The monoisotopic (exact) mass is 375 g/mol. The molecule has 6 heteroatoms. The fourth-order valence-electron chi connectivity index (χ4n) is 3.01. The highest BCUT2D eigenvalue weighted by molar-refractivity contribution is 5.71. The molecule has 28 heavy (non-hydrogen) atoms. The number of rotatable bonds is 6. The van der Waals surface area contributed by atoms with E-state index in [9.17, 15) is 4.39 Å². The van der Waals surface area contributed by atoms with Crippen LogP contribution in [0.2, 0.25) is 0 Å². The third-order valence-corrected chi connectivity index (χ3v) is 4.30. The third kappa shape index (κ3) is 3.77. The predicted molar refractivity (Wildman–Crippen MR) is 104 cm³/mol. The number of aromatic nitrogens is 2. The van der Waals surface area contributed by atoms with Gasteiger partial charge in [0, 0.05) is 23.5 Å². The highest BCUT2D eigenvalue weighted by atomic mass is 19.1. The molecule has 0 fully saturated rings. The molecule has 4 rings (SSSR count). The quantitative estimate of drug-likeness (QED) is 0.572. The van der Waals surface area contributed by atoms with Crippen molar-refractivity contribution in [2.24, 2.45) is 0 Å². The van der Waals surface area contributed by atoms with E-state index >= 15 is 0 Å². The van der Waals surface area contributed by atoms with Crippen LogP contribution in [-0.2, 0) is 4.84 Å². The van der Waals surface area contributed by atoms with Crippen molar-refractivity contribution < 1.29 is 14.0 Å². The lowest BCUT2D eigenvalue weighted by atomic mass is 9.96. The molecule has 1 atom stereocenters. The Hall–Kier alpha value is -3.51. The number of halogens is 1. The van der Waals surface area contributed by atoms with Gasteiger partial charge in [-0.25, -0.2) is 14.4 Å². The van der Waals surface area contributed by atoms with Crippen LogP contribution in [-0.4, -0.2) is 21.6 Å². The number of ether oxygens (including phenoxy) is 1. The summed E-state index contributed by atoms with van der Waals surface area (Å²) in [4.78, 5) is 14.4. The van der Waals surface area contributed by atoms with Crippen LogP contribution in [0.25, 0.3) is 5.57 Å². The fourth-order valence-corrected chi connectivity index (χ4v) is 3.01. The number of hydroxylamine groups is 2. The Balaban J connectivity index is 1.60. The second kappa shape index (κ2) is 8.02. The average molecular weight is 375 g/mol. The number of benzene rings is 2. The van der Waals surface area contributed by atoms with Crippen LogP contribution in [0.4, 0.5) is 4.39 Å². The van der Waals surface area contributed by atoms with Gasteiger partial charge in [-0.2, -0.15) is 0 Å². The molecular weight excluding hydrogens is 357 g/mol. The van der Waals surface area contributed by atoms with Crippen LogP contribution in [0.5, 0.6) is 11.8 Å². The molecule has 0 N–H and O–H groups in total. The van der Waals surface area contributed by atoms with Gasteiger partial charge in [-0.05, 0) is 29.8 Å². The molecule has 2 heterocycles. The molecule has 1 aromatic heterocycles. The summed E-state index contributed by atoms with van der Waals surface area (Å²) in [7, 11) is 0. The van der Waals surface area contributed by atoms with Crippen LogP contribution in [0, 0.1) is 5.82 Å². The van der Waals surface area contributed by atoms with Crippen LogP contribution >= 0.6 is 0 Å². The van der Waals surface area contributed by atoms with E-state index in [4.69, 9.17) is 9.57 Å². The Morgan fingerprint density at radius 2 is 1.79 bits per heavy atom. The molecule has 0 saturated heterocycles. The molecule has 0 radical (unpaired) electrons. The number of nitrogens with zero attached hydrogens (tertiary/aromatic N) is 3. The summed E-state index contributed by atoms with van der Waals surface area (Å²) in [5, 5.41) is 1.77. The van der Waals surface area contributed by atoms with Crippen LogP contribution in [0.15, 0.2) is 85.9 Å². The second-order valence-corrected chi connectivity index (χ2v) is 6.19. The molecule has 0 aliphatic carbocycles. The zero-order valence-corrected chi connectivity index (χ0v) is 15.0. The van der Waals surface area contributed by atoms with E-state index in [-0.39, 0.29) is 17.9 Å². The number of hydrogen-bond acceptors (Lipinski definition) is 5. The number of para-hydroxylation sites is 1. The number of hydrogen-bond donors (Lipinski definition) is 0. The van der Waals surface area contributed by atoms with Crippen LogP contribution in [0.1, 0.15) is 17.2 Å². The minimum atomic E-state index is -0.284. The average Bonchev–Trinajstić information content (AvgIpc) is 3.14. The van der Waals surface area contributed by atoms with Gasteiger partial charge in [0.15, 0.2) is 0 Å². The maximum Gasteiger partial charge on any atom is 0.321 e. The van der Waals surface area contributed by atoms with Gasteiger partial charge < -0.3 is 9.57 Å². The predicted octanol–water partition coefficient (Wildman–Crippen LogP) is 4.92. The maximum absolute atomic E-state index is 13.3. The first-order valence-electron chi connectivity index (χ1n) is 8.80. The summed E-state index contributed by atoms with van der Waals surface area (Å²) < 4.78 is 19.0. The fraction of sp³-hybridized carbons (Fsp3) is 0.0909. The van der Waals surface area contributed by atoms with Crippen molar-refractivity contribution in [2.45, 2.75) is 6.04 Å². The first-order chi connectivity index (χ1) is 13.7. The molecule has 0 bridgehead atoms. The largest absolute Gasteiger partial charge is 0.424 e. The van der Waals surface area contributed by atoms with Crippen molar-refractivity contribution in [3.8, 4) is 11.8 Å². The molecule has 1 aliphatic heterocycles. The zero-order chi connectivity index (χ0) is 19.3. The van der Waals surface area contributed by atoms with Crippen LogP contribution < -0.4 is 4.74 Å². The van der Waals surface area contributed by atoms with E-state index in [1.54, 1.807) is 41.9 Å². The van der Waals surface area contributed by atoms with E-state index in [0.717, 1.165) is 16.7 Å². The summed E-state index contributed by atoms with van der Waals surface area (Å²) in [6.45, 7) is 4.29. The Morgan fingerprint density at radius 3 is 2.46 bits per heavy atom. The minimum absolute atomic E-state index is 0.241. The van der Waals surface area contributed by atoms with Crippen molar-refractivity contribution in [3.05, 3.63) is 103 Å². The third-order valence-electron chi connectivity index (χ3n) is 4.30. The SMILES string of the molecule is C=CCN1OC=C(c2ccc(F)cc2)C1c1cnc(Oc2ccccc2)nc1. The topological polar surface area (TPSA) is 47.5 Å². The molecule has 1 unspecified atom stereocenters. The Morgan fingerprint density at radius 1 is 1.07 bits per heavy atom. The van der Waals surface area contributed by atoms with E-state index in [1.165, 1.54) is 12.1 Å². The molecular formula is C22H18FN3O2. The molecule has 5 nitrogen and oxygen atoms in total. The molecule has 140 valence electrons. The summed E-state index contributed by atoms with van der Waals surface area (Å²) in [5.41, 5.74) is 2.58. The Labute approximate surface area is 162 Å². The van der Waals surface area contributed by atoms with E-state index in [1.807, 2.05) is 30.3 Å². The van der Waals surface area contributed by atoms with Gasteiger partial charge in [0.2, 0.25) is 0 Å². The van der Waals surface area contributed by atoms with Crippen molar-refractivity contribution in [1.29, 1.82) is 0 Å². The van der Waals surface area contributed by atoms with Gasteiger partial charge in [0.1, 0.15) is 23.9 Å². The van der Waals surface area contributed by atoms with Crippen molar-refractivity contribution in [3.63, 3.8) is 0 Å². The van der Waals surface area contributed by atoms with Crippen LogP contribution in [0.3, 0.4) is 0 Å². The zero-order valence-electron chi connectivity index (χ0n) is 15.0. The summed E-state index contributed by atoms with van der Waals surface area (Å²) >= 11 is 0. The van der Waals surface area contributed by atoms with Gasteiger partial charge in [-0.15, -0.1) is 11.6 Å². The first kappa shape index (κ1) is 17.9. The minimum Gasteiger partial charge on any atom is -0.424 e. The molecule has 0 amide bonds. The highest BCUT2D eigenvalue weighted by Gasteiger charge is 2.32. The Kier molecular flexibility index (Phi) is 5.12. The van der Waals surface area contributed by atoms with Gasteiger partial charge in [-0.1, -0.05) is 36.4 Å². The molecule has 3 aromatic rings. The lowest BCUT2D eigenvalue weighted by Crippen LogP contribution is -2.24. The summed E-state index contributed by atoms with van der Waals surface area (Å²) in [5.74, 6) is 0.383. The standard InChI is InChI=1S/C22H18FN3O2/c1-2-12-26-21(20(15-27-26)16-8-10-18(23)11-9-16)17-13-24-22(25-14-17)28-19-6-4-3-5-7-19/h2-11,13-15,21H,1,12H2. The summed E-state index contributed by atoms with van der Waals surface area (Å²) in [6, 6.07) is 15.7. The van der Waals surface area contributed by atoms with Gasteiger partial charge in [0.05, 0.1) is 6.54 Å². The molecule has 0 saturated carbocycles. The van der Waals surface area contributed by atoms with Crippen molar-refractivity contribution in [2.75, 3.05) is 6.54 Å². The molecule has 1 aliphatic rings. The maximum atomic E-state index is 13.3. The van der Waals surface area contributed by atoms with Gasteiger partial charge >= 0.3 is 6.01 Å². The van der Waals surface area contributed by atoms with Gasteiger partial charge in [0.25, 0.3) is 0 Å². The lowest BCUT2D eigenvalue weighted by Gasteiger charge is -2.23. The smallest absolute Gasteiger partial charge is 0.321 e. The lowest BCUT2D eigenvalue weighted by molar-refractivity contribution is -0.0941. The Bertz CT molecular complexity index is 973. The highest BCUT2D eigenvalue weighted by Crippen LogP contribution is 2.39. The van der Waals surface area contributed by atoms with Gasteiger partial charge in [-0.3, -0.25) is 0 Å². The second-order valence-electron chi connectivity index (χ2n) is 6.19. The molecule has 0 spiro atoms. The normalized spacial score (nSPS) is 16.3. The molecule has 2 aromatic carbocycles. The van der Waals surface area contributed by atoms with Crippen molar-refractivity contribution >= 4 is 5.57 Å². The van der Waals surface area contributed by atoms with E-state index < -0.39 is 0 Å².